The molecule has 1 atom stereocenters. The molecule has 2 heterocycles. The molecular formula is C31H26BrN5. The van der Waals surface area contributed by atoms with Crippen LogP contribution in [0, 0.1) is 0 Å². The molecule has 6 rings (SSSR count). The Labute approximate surface area is 224 Å². The van der Waals surface area contributed by atoms with E-state index < -0.39 is 0 Å². The maximum atomic E-state index is 5.07. The molecule has 0 unspecified atom stereocenters. The average molecular weight is 548 g/mol. The number of fused-ring (bicyclic) bond motifs is 1. The zero-order valence-corrected chi connectivity index (χ0v) is 22.1. The summed E-state index contributed by atoms with van der Waals surface area (Å²) in [7, 11) is 0. The summed E-state index contributed by atoms with van der Waals surface area (Å²) in [6.07, 6.45) is 2.73. The highest BCUT2D eigenvalue weighted by Crippen LogP contribution is 2.37. The standard InChI is InChI=1S/C31H26BrN5/c1-2-36-29-11-7-6-10-27(29)34-31(36)33-21-22-12-18-26(19-13-22)37-30(24-14-16-25(32)17-15-24)20-28(35-37)23-8-4-3-5-9-23/h3-19,21,30H,2,20H2,1H3/t30-/m0/s1. The van der Waals surface area contributed by atoms with Gasteiger partial charge in [-0.3, -0.25) is 5.01 Å². The Balaban J connectivity index is 1.29. The number of hydrogen-bond acceptors (Lipinski definition) is 4. The third-order valence-electron chi connectivity index (χ3n) is 6.71. The molecular weight excluding hydrogens is 522 g/mol. The van der Waals surface area contributed by atoms with Gasteiger partial charge in [0, 0.05) is 23.7 Å². The second kappa shape index (κ2) is 10.1. The van der Waals surface area contributed by atoms with Gasteiger partial charge in [0.15, 0.2) is 0 Å². The van der Waals surface area contributed by atoms with Crippen LogP contribution in [-0.2, 0) is 6.54 Å². The van der Waals surface area contributed by atoms with Crippen LogP contribution in [0.4, 0.5) is 11.6 Å². The average Bonchev–Trinajstić information content (AvgIpc) is 3.55. The molecule has 0 N–H and O–H groups in total. The molecule has 5 aromatic rings. The number of hydrogen-bond donors (Lipinski definition) is 0. The first-order chi connectivity index (χ1) is 18.2. The molecule has 5 nitrogen and oxygen atoms in total. The number of nitrogens with zero attached hydrogens (tertiary/aromatic N) is 5. The van der Waals surface area contributed by atoms with Crippen LogP contribution < -0.4 is 5.01 Å². The van der Waals surface area contributed by atoms with Crippen LogP contribution in [-0.4, -0.2) is 21.5 Å². The third-order valence-corrected chi connectivity index (χ3v) is 7.24. The molecule has 1 aliphatic rings. The normalized spacial score (nSPS) is 15.6. The molecule has 0 fully saturated rings. The molecule has 0 spiro atoms. The largest absolute Gasteiger partial charge is 0.309 e. The number of halogens is 1. The lowest BCUT2D eigenvalue weighted by Gasteiger charge is -2.24. The SMILES string of the molecule is CCn1c(N=Cc2ccc(N3N=C(c4ccccc4)C[C@H]3c3ccc(Br)cc3)cc2)nc2ccccc21. The first-order valence-corrected chi connectivity index (χ1v) is 13.3. The summed E-state index contributed by atoms with van der Waals surface area (Å²) < 4.78 is 3.21. The van der Waals surface area contributed by atoms with Crippen molar-refractivity contribution in [3.05, 3.63) is 124 Å². The maximum absolute atomic E-state index is 5.07. The van der Waals surface area contributed by atoms with Gasteiger partial charge < -0.3 is 4.57 Å². The van der Waals surface area contributed by atoms with Gasteiger partial charge in [-0.1, -0.05) is 82.7 Å². The third kappa shape index (κ3) is 4.72. The fourth-order valence-electron chi connectivity index (χ4n) is 4.82. The van der Waals surface area contributed by atoms with Gasteiger partial charge in [-0.25, -0.2) is 9.98 Å². The van der Waals surface area contributed by atoms with Crippen LogP contribution in [0.1, 0.15) is 36.1 Å². The quantitative estimate of drug-likeness (QED) is 0.202. The summed E-state index contributed by atoms with van der Waals surface area (Å²) >= 11 is 3.56. The summed E-state index contributed by atoms with van der Waals surface area (Å²) in [6.45, 7) is 2.93. The van der Waals surface area contributed by atoms with Gasteiger partial charge in [-0.2, -0.15) is 5.10 Å². The van der Waals surface area contributed by atoms with Gasteiger partial charge in [-0.15, -0.1) is 0 Å². The highest BCUT2D eigenvalue weighted by Gasteiger charge is 2.29. The molecule has 4 aromatic carbocycles. The molecule has 0 amide bonds. The molecule has 6 heteroatoms. The fraction of sp³-hybridized carbons (Fsp3) is 0.129. The number of aliphatic imine (C=N–C) groups is 1. The zero-order valence-electron chi connectivity index (χ0n) is 20.5. The van der Waals surface area contributed by atoms with Crippen molar-refractivity contribution < 1.29 is 0 Å². The van der Waals surface area contributed by atoms with E-state index in [1.54, 1.807) is 0 Å². The second-order valence-corrected chi connectivity index (χ2v) is 9.94. The van der Waals surface area contributed by atoms with E-state index in [9.17, 15) is 0 Å². The summed E-state index contributed by atoms with van der Waals surface area (Å²) in [6, 6.07) is 35.7. The monoisotopic (exact) mass is 547 g/mol. The fourth-order valence-corrected chi connectivity index (χ4v) is 5.08. The van der Waals surface area contributed by atoms with Crippen molar-refractivity contribution in [2.24, 2.45) is 10.1 Å². The maximum Gasteiger partial charge on any atom is 0.230 e. The highest BCUT2D eigenvalue weighted by molar-refractivity contribution is 9.10. The number of aryl methyl sites for hydroxylation is 1. The molecule has 0 radical (unpaired) electrons. The number of hydrazone groups is 1. The van der Waals surface area contributed by atoms with Crippen LogP contribution in [0.5, 0.6) is 0 Å². The van der Waals surface area contributed by atoms with E-state index in [0.717, 1.165) is 56.9 Å². The summed E-state index contributed by atoms with van der Waals surface area (Å²) in [4.78, 5) is 9.42. The van der Waals surface area contributed by atoms with Crippen molar-refractivity contribution in [1.82, 2.24) is 9.55 Å². The molecule has 0 saturated carbocycles. The van der Waals surface area contributed by atoms with E-state index in [1.165, 1.54) is 5.56 Å². The molecule has 1 aromatic heterocycles. The Hall–Kier alpha value is -4.03. The Morgan fingerprint density at radius 2 is 1.62 bits per heavy atom. The number of para-hydroxylation sites is 2. The van der Waals surface area contributed by atoms with Crippen molar-refractivity contribution in [2.45, 2.75) is 25.9 Å². The van der Waals surface area contributed by atoms with E-state index in [1.807, 2.05) is 30.5 Å². The Morgan fingerprint density at radius 1 is 0.892 bits per heavy atom. The van der Waals surface area contributed by atoms with Crippen LogP contribution >= 0.6 is 15.9 Å². The molecule has 182 valence electrons. The van der Waals surface area contributed by atoms with Crippen LogP contribution in [0.25, 0.3) is 11.0 Å². The molecule has 0 bridgehead atoms. The lowest BCUT2D eigenvalue weighted by Crippen LogP contribution is -2.18. The minimum atomic E-state index is 0.132. The summed E-state index contributed by atoms with van der Waals surface area (Å²) in [5.74, 6) is 0.722. The first-order valence-electron chi connectivity index (χ1n) is 12.5. The number of imidazole rings is 1. The minimum absolute atomic E-state index is 0.132. The van der Waals surface area contributed by atoms with E-state index in [-0.39, 0.29) is 6.04 Å². The molecule has 37 heavy (non-hydrogen) atoms. The van der Waals surface area contributed by atoms with Crippen molar-refractivity contribution in [3.8, 4) is 0 Å². The topological polar surface area (TPSA) is 45.8 Å². The smallest absolute Gasteiger partial charge is 0.230 e. The molecule has 0 aliphatic carbocycles. The highest BCUT2D eigenvalue weighted by atomic mass is 79.9. The number of rotatable bonds is 6. The van der Waals surface area contributed by atoms with Gasteiger partial charge >= 0.3 is 0 Å². The number of anilines is 1. The number of aromatic nitrogens is 2. The van der Waals surface area contributed by atoms with Crippen molar-refractivity contribution in [2.75, 3.05) is 5.01 Å². The van der Waals surface area contributed by atoms with Crippen molar-refractivity contribution >= 4 is 50.5 Å². The van der Waals surface area contributed by atoms with Gasteiger partial charge in [0.25, 0.3) is 0 Å². The Morgan fingerprint density at radius 3 is 2.38 bits per heavy atom. The van der Waals surface area contributed by atoms with Crippen LogP contribution in [0.3, 0.4) is 0 Å². The zero-order chi connectivity index (χ0) is 25.2. The first kappa shape index (κ1) is 23.4. The second-order valence-electron chi connectivity index (χ2n) is 9.02. The summed E-state index contributed by atoms with van der Waals surface area (Å²) in [5, 5.41) is 7.21. The lowest BCUT2D eigenvalue weighted by atomic mass is 9.98. The summed E-state index contributed by atoms with van der Waals surface area (Å²) in [5.41, 5.74) is 7.63. The van der Waals surface area contributed by atoms with Gasteiger partial charge in [0.2, 0.25) is 5.95 Å². The van der Waals surface area contributed by atoms with E-state index >= 15 is 0 Å². The van der Waals surface area contributed by atoms with E-state index in [0.29, 0.717) is 0 Å². The predicted molar refractivity (Wildman–Crippen MR) is 156 cm³/mol. The van der Waals surface area contributed by atoms with Crippen LogP contribution in [0.2, 0.25) is 0 Å². The lowest BCUT2D eigenvalue weighted by molar-refractivity contribution is 0.709. The predicted octanol–water partition coefficient (Wildman–Crippen LogP) is 7.93. The van der Waals surface area contributed by atoms with Crippen molar-refractivity contribution in [3.63, 3.8) is 0 Å². The molecule has 0 saturated heterocycles. The van der Waals surface area contributed by atoms with Gasteiger partial charge in [0.05, 0.1) is 28.5 Å². The minimum Gasteiger partial charge on any atom is -0.309 e. The van der Waals surface area contributed by atoms with E-state index in [4.69, 9.17) is 15.1 Å². The number of benzene rings is 4. The van der Waals surface area contributed by atoms with E-state index in [2.05, 4.69) is 111 Å². The van der Waals surface area contributed by atoms with Gasteiger partial charge in [-0.05, 0) is 60.0 Å². The van der Waals surface area contributed by atoms with Crippen molar-refractivity contribution in [1.29, 1.82) is 0 Å². The van der Waals surface area contributed by atoms with Crippen LogP contribution in [0.15, 0.2) is 118 Å². The molecule has 1 aliphatic heterocycles. The Kier molecular flexibility index (Phi) is 6.41. The van der Waals surface area contributed by atoms with Gasteiger partial charge in [0.1, 0.15) is 0 Å². The Bertz CT molecular complexity index is 1590.